The van der Waals surface area contributed by atoms with Gasteiger partial charge in [0.15, 0.2) is 15.6 Å². The second-order valence-corrected chi connectivity index (χ2v) is 5.07. The quantitative estimate of drug-likeness (QED) is 0.778. The van der Waals surface area contributed by atoms with Crippen LogP contribution in [0.5, 0.6) is 5.75 Å². The Morgan fingerprint density at radius 1 is 1.36 bits per heavy atom. The number of aromatic hydroxyl groups is 1. The Labute approximate surface area is 80.7 Å². The van der Waals surface area contributed by atoms with Crippen LogP contribution in [-0.4, -0.2) is 19.8 Å². The maximum atomic E-state index is 11.2. The highest BCUT2D eigenvalue weighted by molar-refractivity contribution is 7.90. The van der Waals surface area contributed by atoms with E-state index in [-0.39, 0.29) is 10.6 Å². The second-order valence-electron chi connectivity index (χ2n) is 3.05. The highest BCUT2D eigenvalue weighted by Gasteiger charge is 2.11. The number of rotatable bonds is 1. The average Bonchev–Trinajstić information content (AvgIpc) is 2.46. The van der Waals surface area contributed by atoms with Crippen LogP contribution in [0.4, 0.5) is 0 Å². The molecule has 1 aromatic carbocycles. The van der Waals surface area contributed by atoms with Gasteiger partial charge < -0.3 is 9.52 Å². The number of benzene rings is 1. The summed E-state index contributed by atoms with van der Waals surface area (Å²) < 4.78 is 27.4. The molecular formula is C9H8O4S. The van der Waals surface area contributed by atoms with Crippen molar-refractivity contribution in [3.05, 3.63) is 24.5 Å². The minimum absolute atomic E-state index is 0.0505. The molecule has 0 spiro atoms. The number of hydrogen-bond donors (Lipinski definition) is 1. The molecule has 1 aromatic heterocycles. The molecule has 0 saturated heterocycles. The Balaban J connectivity index is 2.79. The molecular weight excluding hydrogens is 204 g/mol. The molecule has 1 heterocycles. The van der Waals surface area contributed by atoms with E-state index in [4.69, 9.17) is 4.42 Å². The first-order valence-electron chi connectivity index (χ1n) is 3.89. The average molecular weight is 212 g/mol. The van der Waals surface area contributed by atoms with Crippen LogP contribution in [0, 0.1) is 0 Å². The van der Waals surface area contributed by atoms with Gasteiger partial charge in [0.25, 0.3) is 0 Å². The number of hydrogen-bond acceptors (Lipinski definition) is 4. The summed E-state index contributed by atoms with van der Waals surface area (Å²) in [5.74, 6) is -0.0505. The van der Waals surface area contributed by atoms with Gasteiger partial charge in [-0.1, -0.05) is 0 Å². The second kappa shape index (κ2) is 2.75. The van der Waals surface area contributed by atoms with E-state index in [0.29, 0.717) is 11.0 Å². The summed E-state index contributed by atoms with van der Waals surface area (Å²) in [5.41, 5.74) is 0.468. The number of fused-ring (bicyclic) bond motifs is 1. The van der Waals surface area contributed by atoms with Crippen molar-refractivity contribution < 1.29 is 17.9 Å². The monoisotopic (exact) mass is 212 g/mol. The molecule has 14 heavy (non-hydrogen) atoms. The highest BCUT2D eigenvalue weighted by atomic mass is 32.2. The zero-order valence-corrected chi connectivity index (χ0v) is 8.21. The summed E-state index contributed by atoms with van der Waals surface area (Å²) >= 11 is 0. The van der Waals surface area contributed by atoms with E-state index in [1.807, 2.05) is 0 Å². The summed E-state index contributed by atoms with van der Waals surface area (Å²) in [7, 11) is -3.24. The molecule has 0 aliphatic carbocycles. The van der Waals surface area contributed by atoms with Crippen LogP contribution >= 0.6 is 0 Å². The molecule has 5 heteroatoms. The molecule has 0 fully saturated rings. The van der Waals surface area contributed by atoms with Crippen molar-refractivity contribution in [3.8, 4) is 5.75 Å². The van der Waals surface area contributed by atoms with Gasteiger partial charge >= 0.3 is 0 Å². The molecule has 0 atom stereocenters. The van der Waals surface area contributed by atoms with E-state index in [1.54, 1.807) is 0 Å². The number of furan rings is 1. The van der Waals surface area contributed by atoms with Gasteiger partial charge in [0.05, 0.1) is 10.3 Å². The summed E-state index contributed by atoms with van der Waals surface area (Å²) in [6.45, 7) is 0. The van der Waals surface area contributed by atoms with Crippen LogP contribution in [0.25, 0.3) is 11.0 Å². The van der Waals surface area contributed by atoms with E-state index in [9.17, 15) is 13.5 Å². The molecule has 1 N–H and O–H groups in total. The van der Waals surface area contributed by atoms with Gasteiger partial charge in [0.1, 0.15) is 11.8 Å². The first-order valence-corrected chi connectivity index (χ1v) is 5.78. The molecule has 74 valence electrons. The third-order valence-corrected chi connectivity index (χ3v) is 3.06. The first-order chi connectivity index (χ1) is 6.48. The van der Waals surface area contributed by atoms with E-state index >= 15 is 0 Å². The van der Waals surface area contributed by atoms with E-state index < -0.39 is 9.84 Å². The van der Waals surface area contributed by atoms with Crippen molar-refractivity contribution in [1.29, 1.82) is 0 Å². The minimum atomic E-state index is -3.24. The smallest absolute Gasteiger partial charge is 0.175 e. The molecule has 2 rings (SSSR count). The lowest BCUT2D eigenvalue weighted by atomic mass is 10.2. The normalized spacial score (nSPS) is 12.1. The third-order valence-electron chi connectivity index (χ3n) is 1.95. The van der Waals surface area contributed by atoms with Crippen molar-refractivity contribution >= 4 is 20.8 Å². The lowest BCUT2D eigenvalue weighted by Crippen LogP contribution is -1.95. The molecule has 2 aromatic rings. The molecule has 4 nitrogen and oxygen atoms in total. The summed E-state index contributed by atoms with van der Waals surface area (Å²) in [6.07, 6.45) is 2.29. The Kier molecular flexibility index (Phi) is 1.78. The highest BCUT2D eigenvalue weighted by Crippen LogP contribution is 2.28. The van der Waals surface area contributed by atoms with Crippen LogP contribution < -0.4 is 0 Å². The zero-order valence-electron chi connectivity index (χ0n) is 7.39. The third kappa shape index (κ3) is 1.35. The van der Waals surface area contributed by atoms with Crippen molar-refractivity contribution in [1.82, 2.24) is 0 Å². The SMILES string of the molecule is CS(=O)(=O)c1ccc2occ(O)c2c1. The lowest BCUT2D eigenvalue weighted by Gasteiger charge is -1.96. The standard InChI is InChI=1S/C9H8O4S/c1-14(11,12)6-2-3-9-7(4-6)8(10)5-13-9/h2-5,10H,1H3. The van der Waals surface area contributed by atoms with Gasteiger partial charge in [-0.2, -0.15) is 0 Å². The Hall–Kier alpha value is -1.49. The van der Waals surface area contributed by atoms with Gasteiger partial charge in [-0.15, -0.1) is 0 Å². The topological polar surface area (TPSA) is 67.5 Å². The molecule has 0 amide bonds. The minimum Gasteiger partial charge on any atom is -0.504 e. The first kappa shape index (κ1) is 9.08. The van der Waals surface area contributed by atoms with Gasteiger partial charge in [0.2, 0.25) is 0 Å². The fourth-order valence-corrected chi connectivity index (χ4v) is 1.87. The zero-order chi connectivity index (χ0) is 10.3. The maximum absolute atomic E-state index is 11.2. The molecule has 0 aliphatic rings. The molecule has 0 radical (unpaired) electrons. The van der Waals surface area contributed by atoms with Crippen molar-refractivity contribution in [2.24, 2.45) is 0 Å². The Bertz CT molecular complexity index is 580. The van der Waals surface area contributed by atoms with Crippen LogP contribution in [0.1, 0.15) is 0 Å². The van der Waals surface area contributed by atoms with Crippen LogP contribution in [-0.2, 0) is 9.84 Å². The van der Waals surface area contributed by atoms with Crippen LogP contribution in [0.15, 0.2) is 33.8 Å². The summed E-state index contributed by atoms with van der Waals surface area (Å²) in [6, 6.07) is 4.36. The van der Waals surface area contributed by atoms with E-state index in [0.717, 1.165) is 6.26 Å². The Morgan fingerprint density at radius 3 is 2.71 bits per heavy atom. The Morgan fingerprint density at radius 2 is 2.07 bits per heavy atom. The van der Waals surface area contributed by atoms with Crippen LogP contribution in [0.3, 0.4) is 0 Å². The molecule has 0 saturated carbocycles. The maximum Gasteiger partial charge on any atom is 0.175 e. The lowest BCUT2D eigenvalue weighted by molar-refractivity contribution is 0.464. The van der Waals surface area contributed by atoms with Gasteiger partial charge in [-0.3, -0.25) is 0 Å². The number of sulfone groups is 1. The fourth-order valence-electron chi connectivity index (χ4n) is 1.23. The largest absolute Gasteiger partial charge is 0.504 e. The van der Waals surface area contributed by atoms with E-state index in [1.165, 1.54) is 24.5 Å². The molecule has 0 aliphatic heterocycles. The predicted octanol–water partition coefficient (Wildman–Crippen LogP) is 1.54. The van der Waals surface area contributed by atoms with Gasteiger partial charge in [0, 0.05) is 6.26 Å². The van der Waals surface area contributed by atoms with Crippen molar-refractivity contribution in [2.75, 3.05) is 6.26 Å². The van der Waals surface area contributed by atoms with Crippen molar-refractivity contribution in [3.63, 3.8) is 0 Å². The van der Waals surface area contributed by atoms with Gasteiger partial charge in [-0.05, 0) is 18.2 Å². The summed E-state index contributed by atoms with van der Waals surface area (Å²) in [4.78, 5) is 0.168. The molecule has 0 bridgehead atoms. The summed E-state index contributed by atoms with van der Waals surface area (Å²) in [5, 5.41) is 9.72. The predicted molar refractivity (Wildman–Crippen MR) is 51.0 cm³/mol. The van der Waals surface area contributed by atoms with E-state index in [2.05, 4.69) is 0 Å². The van der Waals surface area contributed by atoms with Gasteiger partial charge in [-0.25, -0.2) is 8.42 Å². The molecule has 0 unspecified atom stereocenters. The van der Waals surface area contributed by atoms with Crippen molar-refractivity contribution in [2.45, 2.75) is 4.90 Å². The fraction of sp³-hybridized carbons (Fsp3) is 0.111. The van der Waals surface area contributed by atoms with Crippen LogP contribution in [0.2, 0.25) is 0 Å².